The maximum Gasteiger partial charge on any atom is 0.237 e. The summed E-state index contributed by atoms with van der Waals surface area (Å²) in [4.78, 5) is 12.9. The molecule has 1 fully saturated rings. The highest BCUT2D eigenvalue weighted by atomic mass is 35.5. The van der Waals surface area contributed by atoms with Crippen molar-refractivity contribution in [1.29, 1.82) is 0 Å². The van der Waals surface area contributed by atoms with Crippen LogP contribution in [0.4, 0.5) is 0 Å². The fourth-order valence-corrected chi connectivity index (χ4v) is 1.55. The molecule has 0 aromatic heterocycles. The van der Waals surface area contributed by atoms with Crippen LogP contribution in [0.2, 0.25) is 0 Å². The summed E-state index contributed by atoms with van der Waals surface area (Å²) in [6.45, 7) is 0.454. The number of hydrogen-bond donors (Lipinski definition) is 1. The monoisotopic (exact) mass is 191 g/mol. The molecule has 0 radical (unpaired) electrons. The maximum absolute atomic E-state index is 11.2. The van der Waals surface area contributed by atoms with Gasteiger partial charge >= 0.3 is 0 Å². The topological polar surface area (TPSA) is 40.5 Å². The summed E-state index contributed by atoms with van der Waals surface area (Å²) in [6.07, 6.45) is 3.30. The van der Waals surface area contributed by atoms with E-state index in [4.69, 9.17) is 16.7 Å². The summed E-state index contributed by atoms with van der Waals surface area (Å²) < 4.78 is 0. The van der Waals surface area contributed by atoms with Gasteiger partial charge in [0.2, 0.25) is 5.91 Å². The molecule has 0 heterocycles. The molecule has 4 heteroatoms. The van der Waals surface area contributed by atoms with Crippen molar-refractivity contribution in [3.05, 3.63) is 0 Å². The summed E-state index contributed by atoms with van der Waals surface area (Å²) in [5.41, 5.74) is 0. The van der Waals surface area contributed by atoms with E-state index in [9.17, 15) is 4.79 Å². The molecule has 0 aliphatic heterocycles. The first kappa shape index (κ1) is 9.81. The Hall–Kier alpha value is -0.280. The van der Waals surface area contributed by atoms with Gasteiger partial charge in [0, 0.05) is 12.6 Å². The SMILES string of the molecule is O=C(CCl)N(CCO)C1CCC1. The van der Waals surface area contributed by atoms with E-state index in [1.165, 1.54) is 6.42 Å². The highest BCUT2D eigenvalue weighted by Gasteiger charge is 2.27. The number of rotatable bonds is 4. The molecule has 1 aliphatic rings. The van der Waals surface area contributed by atoms with Crippen molar-refractivity contribution in [3.63, 3.8) is 0 Å². The van der Waals surface area contributed by atoms with E-state index >= 15 is 0 Å². The lowest BCUT2D eigenvalue weighted by atomic mass is 9.91. The van der Waals surface area contributed by atoms with Crippen molar-refractivity contribution in [1.82, 2.24) is 4.90 Å². The van der Waals surface area contributed by atoms with Crippen LogP contribution >= 0.6 is 11.6 Å². The number of aliphatic hydroxyl groups is 1. The predicted molar refractivity (Wildman–Crippen MR) is 47.2 cm³/mol. The average Bonchev–Trinajstić information content (AvgIpc) is 1.99. The minimum absolute atomic E-state index is 0.0243. The van der Waals surface area contributed by atoms with Crippen molar-refractivity contribution < 1.29 is 9.90 Å². The zero-order valence-corrected chi connectivity index (χ0v) is 7.76. The van der Waals surface area contributed by atoms with Gasteiger partial charge in [-0.2, -0.15) is 0 Å². The predicted octanol–water partition coefficient (Wildman–Crippen LogP) is 0.599. The maximum atomic E-state index is 11.2. The molecule has 0 saturated heterocycles. The molecule has 12 heavy (non-hydrogen) atoms. The van der Waals surface area contributed by atoms with Crippen LogP contribution in [0.1, 0.15) is 19.3 Å². The van der Waals surface area contributed by atoms with Gasteiger partial charge in [0.05, 0.1) is 6.61 Å². The normalized spacial score (nSPS) is 17.2. The first-order chi connectivity index (χ1) is 5.79. The van der Waals surface area contributed by atoms with Gasteiger partial charge in [-0.15, -0.1) is 11.6 Å². The Labute approximate surface area is 77.3 Å². The molecule has 1 rings (SSSR count). The molecule has 1 saturated carbocycles. The van der Waals surface area contributed by atoms with Crippen molar-refractivity contribution in [2.75, 3.05) is 19.0 Å². The standard InChI is InChI=1S/C8H14ClNO2/c9-6-8(12)10(4-5-11)7-2-1-3-7/h7,11H,1-6H2. The molecule has 3 nitrogen and oxygen atoms in total. The third kappa shape index (κ3) is 2.11. The number of carbonyl (C=O) groups is 1. The molecule has 0 spiro atoms. The van der Waals surface area contributed by atoms with Crippen molar-refractivity contribution >= 4 is 17.5 Å². The highest BCUT2D eigenvalue weighted by Crippen LogP contribution is 2.24. The zero-order chi connectivity index (χ0) is 8.97. The summed E-state index contributed by atoms with van der Waals surface area (Å²) in [5.74, 6) is -0.0355. The van der Waals surface area contributed by atoms with Crippen LogP contribution in [0.25, 0.3) is 0 Å². The van der Waals surface area contributed by atoms with Gasteiger partial charge in [-0.05, 0) is 19.3 Å². The second kappa shape index (κ2) is 4.67. The van der Waals surface area contributed by atoms with Gasteiger partial charge < -0.3 is 10.0 Å². The molecule has 0 aromatic carbocycles. The molecule has 0 unspecified atom stereocenters. The van der Waals surface area contributed by atoms with E-state index in [0.717, 1.165) is 12.8 Å². The fourth-order valence-electron chi connectivity index (χ4n) is 1.39. The number of halogens is 1. The number of amides is 1. The minimum Gasteiger partial charge on any atom is -0.395 e. The smallest absolute Gasteiger partial charge is 0.237 e. The van der Waals surface area contributed by atoms with E-state index in [1.54, 1.807) is 4.90 Å². The van der Waals surface area contributed by atoms with Gasteiger partial charge in [-0.25, -0.2) is 0 Å². The third-order valence-corrected chi connectivity index (χ3v) is 2.52. The highest BCUT2D eigenvalue weighted by molar-refractivity contribution is 6.27. The molecular formula is C8H14ClNO2. The molecular weight excluding hydrogens is 178 g/mol. The first-order valence-corrected chi connectivity index (χ1v) is 4.79. The molecule has 70 valence electrons. The summed E-state index contributed by atoms with van der Waals surface area (Å²) in [7, 11) is 0. The largest absolute Gasteiger partial charge is 0.395 e. The summed E-state index contributed by atoms with van der Waals surface area (Å²) >= 11 is 5.43. The molecule has 0 aromatic rings. The second-order valence-electron chi connectivity index (χ2n) is 3.03. The Kier molecular flexibility index (Phi) is 3.82. The minimum atomic E-state index is -0.0598. The molecule has 0 atom stereocenters. The molecule has 1 amide bonds. The van der Waals surface area contributed by atoms with Crippen LogP contribution in [0.15, 0.2) is 0 Å². The van der Waals surface area contributed by atoms with E-state index in [1.807, 2.05) is 0 Å². The number of alkyl halides is 1. The van der Waals surface area contributed by atoms with Gasteiger partial charge in [0.1, 0.15) is 5.88 Å². The number of nitrogens with zero attached hydrogens (tertiary/aromatic N) is 1. The van der Waals surface area contributed by atoms with Gasteiger partial charge in [0.25, 0.3) is 0 Å². The number of carbonyl (C=O) groups excluding carboxylic acids is 1. The molecule has 1 N–H and O–H groups in total. The van der Waals surface area contributed by atoms with Crippen molar-refractivity contribution in [3.8, 4) is 0 Å². The van der Waals surface area contributed by atoms with Gasteiger partial charge in [0.15, 0.2) is 0 Å². The van der Waals surface area contributed by atoms with Crippen LogP contribution in [-0.4, -0.2) is 41.0 Å². The van der Waals surface area contributed by atoms with Crippen LogP contribution in [-0.2, 0) is 4.79 Å². The Morgan fingerprint density at radius 3 is 2.58 bits per heavy atom. The Balaban J connectivity index is 2.41. The van der Waals surface area contributed by atoms with Crippen LogP contribution in [0, 0.1) is 0 Å². The lowest BCUT2D eigenvalue weighted by Gasteiger charge is -2.36. The quantitative estimate of drug-likeness (QED) is 0.662. The van der Waals surface area contributed by atoms with Crippen molar-refractivity contribution in [2.24, 2.45) is 0 Å². The fraction of sp³-hybridized carbons (Fsp3) is 0.875. The Morgan fingerprint density at radius 2 is 2.25 bits per heavy atom. The number of aliphatic hydroxyl groups excluding tert-OH is 1. The van der Waals surface area contributed by atoms with E-state index in [0.29, 0.717) is 12.6 Å². The molecule has 0 bridgehead atoms. The lowest BCUT2D eigenvalue weighted by Crippen LogP contribution is -2.46. The van der Waals surface area contributed by atoms with Crippen LogP contribution < -0.4 is 0 Å². The summed E-state index contributed by atoms with van der Waals surface area (Å²) in [5, 5.41) is 8.71. The zero-order valence-electron chi connectivity index (χ0n) is 7.00. The molecule has 1 aliphatic carbocycles. The van der Waals surface area contributed by atoms with E-state index in [-0.39, 0.29) is 18.4 Å². The van der Waals surface area contributed by atoms with Crippen LogP contribution in [0.5, 0.6) is 0 Å². The van der Waals surface area contributed by atoms with Gasteiger partial charge in [-0.1, -0.05) is 0 Å². The number of hydrogen-bond acceptors (Lipinski definition) is 2. The lowest BCUT2D eigenvalue weighted by molar-refractivity contribution is -0.133. The third-order valence-electron chi connectivity index (χ3n) is 2.29. The van der Waals surface area contributed by atoms with Crippen molar-refractivity contribution in [2.45, 2.75) is 25.3 Å². The Bertz CT molecular complexity index is 159. The Morgan fingerprint density at radius 1 is 1.58 bits per heavy atom. The second-order valence-corrected chi connectivity index (χ2v) is 3.30. The van der Waals surface area contributed by atoms with E-state index in [2.05, 4.69) is 0 Å². The van der Waals surface area contributed by atoms with E-state index < -0.39 is 0 Å². The summed E-state index contributed by atoms with van der Waals surface area (Å²) in [6, 6.07) is 0.336. The van der Waals surface area contributed by atoms with Crippen LogP contribution in [0.3, 0.4) is 0 Å². The first-order valence-electron chi connectivity index (χ1n) is 4.26. The van der Waals surface area contributed by atoms with Gasteiger partial charge in [-0.3, -0.25) is 4.79 Å². The average molecular weight is 192 g/mol.